The van der Waals surface area contributed by atoms with Gasteiger partial charge in [0.05, 0.1) is 29.8 Å². The molecule has 0 fully saturated rings. The molecular weight excluding hydrogens is 496 g/mol. The average Bonchev–Trinajstić information content (AvgIpc) is 3.20. The molecule has 194 valence electrons. The van der Waals surface area contributed by atoms with Crippen LogP contribution in [-0.4, -0.2) is 14.4 Å². The van der Waals surface area contributed by atoms with Crippen molar-refractivity contribution in [2.24, 2.45) is 5.92 Å². The molecule has 8 heteroatoms. The molecule has 4 rings (SSSR count). The Morgan fingerprint density at radius 2 is 1.50 bits per heavy atom. The predicted octanol–water partition coefficient (Wildman–Crippen LogP) is 4.60. The zero-order valence-electron chi connectivity index (χ0n) is 21.7. The van der Waals surface area contributed by atoms with E-state index in [4.69, 9.17) is 5.26 Å². The SMILES string of the molecule is CC(C)Cc1ccc(C(C)C(=O)NCc2ccc(Cn3c(=O)sn(-c4ccc(C#N)cc4)c3=O)cc2)cc1. The summed E-state index contributed by atoms with van der Waals surface area (Å²) in [6, 6.07) is 24.3. The van der Waals surface area contributed by atoms with E-state index >= 15 is 0 Å². The van der Waals surface area contributed by atoms with Gasteiger partial charge in [0, 0.05) is 18.1 Å². The van der Waals surface area contributed by atoms with Gasteiger partial charge in [0.1, 0.15) is 0 Å². The van der Waals surface area contributed by atoms with Crippen molar-refractivity contribution in [3.05, 3.63) is 121 Å². The van der Waals surface area contributed by atoms with Gasteiger partial charge in [0.25, 0.3) is 0 Å². The molecule has 1 amide bonds. The number of nitrogens with zero attached hydrogens (tertiary/aromatic N) is 3. The van der Waals surface area contributed by atoms with E-state index in [0.717, 1.165) is 34.6 Å². The molecule has 0 aliphatic carbocycles. The van der Waals surface area contributed by atoms with Crippen molar-refractivity contribution in [3.63, 3.8) is 0 Å². The Morgan fingerprint density at radius 1 is 0.895 bits per heavy atom. The number of aromatic nitrogens is 2. The van der Waals surface area contributed by atoms with E-state index in [2.05, 4.69) is 31.3 Å². The van der Waals surface area contributed by atoms with Crippen molar-refractivity contribution in [1.82, 2.24) is 13.8 Å². The summed E-state index contributed by atoms with van der Waals surface area (Å²) in [5, 5.41) is 12.0. The van der Waals surface area contributed by atoms with Crippen LogP contribution in [0.4, 0.5) is 0 Å². The number of nitriles is 1. The van der Waals surface area contributed by atoms with Crippen LogP contribution in [0.5, 0.6) is 0 Å². The summed E-state index contributed by atoms with van der Waals surface area (Å²) in [6.45, 7) is 6.81. The third-order valence-electron chi connectivity index (χ3n) is 6.37. The fraction of sp³-hybridized carbons (Fsp3) is 0.267. The van der Waals surface area contributed by atoms with Gasteiger partial charge in [-0.15, -0.1) is 0 Å². The summed E-state index contributed by atoms with van der Waals surface area (Å²) >= 11 is 0.826. The second kappa shape index (κ2) is 11.9. The average molecular weight is 527 g/mol. The lowest BCUT2D eigenvalue weighted by Crippen LogP contribution is -2.29. The van der Waals surface area contributed by atoms with Crippen LogP contribution in [0.25, 0.3) is 5.69 Å². The van der Waals surface area contributed by atoms with Crippen LogP contribution in [0.15, 0.2) is 82.4 Å². The van der Waals surface area contributed by atoms with E-state index in [-0.39, 0.29) is 23.2 Å². The van der Waals surface area contributed by atoms with Crippen molar-refractivity contribution in [3.8, 4) is 11.8 Å². The van der Waals surface area contributed by atoms with E-state index < -0.39 is 5.69 Å². The fourth-order valence-electron chi connectivity index (χ4n) is 4.17. The lowest BCUT2D eigenvalue weighted by atomic mass is 9.96. The zero-order valence-corrected chi connectivity index (χ0v) is 22.5. The highest BCUT2D eigenvalue weighted by Gasteiger charge is 2.16. The van der Waals surface area contributed by atoms with Crippen LogP contribution in [0.3, 0.4) is 0 Å². The Kier molecular flexibility index (Phi) is 8.39. The lowest BCUT2D eigenvalue weighted by molar-refractivity contribution is -0.122. The Hall–Kier alpha value is -4.22. The molecular formula is C30H30N4O3S. The maximum absolute atomic E-state index is 12.9. The van der Waals surface area contributed by atoms with Crippen molar-refractivity contribution in [1.29, 1.82) is 5.26 Å². The second-order valence-corrected chi connectivity index (χ2v) is 10.7. The molecule has 0 radical (unpaired) electrons. The van der Waals surface area contributed by atoms with Gasteiger partial charge in [-0.3, -0.25) is 9.59 Å². The number of carbonyl (C=O) groups is 1. The summed E-state index contributed by atoms with van der Waals surface area (Å²) in [5.41, 5.74) is 4.59. The third-order valence-corrected chi connectivity index (χ3v) is 7.30. The highest BCUT2D eigenvalue weighted by Crippen LogP contribution is 2.18. The molecule has 4 aromatic rings. The first kappa shape index (κ1) is 26.8. The molecule has 0 bridgehead atoms. The van der Waals surface area contributed by atoms with Crippen molar-refractivity contribution < 1.29 is 4.79 Å². The van der Waals surface area contributed by atoms with Crippen LogP contribution < -0.4 is 15.9 Å². The van der Waals surface area contributed by atoms with Crippen molar-refractivity contribution in [2.45, 2.75) is 46.2 Å². The Labute approximate surface area is 225 Å². The summed E-state index contributed by atoms with van der Waals surface area (Å²) in [6.07, 6.45) is 1.02. The summed E-state index contributed by atoms with van der Waals surface area (Å²) in [4.78, 5) is 37.7. The number of carbonyl (C=O) groups excluding carboxylic acids is 1. The Bertz CT molecular complexity index is 1550. The normalized spacial score (nSPS) is 11.8. The highest BCUT2D eigenvalue weighted by molar-refractivity contribution is 7.03. The molecule has 1 N–H and O–H groups in total. The third kappa shape index (κ3) is 6.36. The molecule has 0 aliphatic heterocycles. The van der Waals surface area contributed by atoms with Gasteiger partial charge in [0.15, 0.2) is 0 Å². The van der Waals surface area contributed by atoms with Gasteiger partial charge in [-0.25, -0.2) is 13.3 Å². The molecule has 0 saturated carbocycles. The topological polar surface area (TPSA) is 96.9 Å². The molecule has 0 saturated heterocycles. The molecule has 7 nitrogen and oxygen atoms in total. The van der Waals surface area contributed by atoms with Gasteiger partial charge in [-0.05, 0) is 65.8 Å². The molecule has 1 aromatic heterocycles. The van der Waals surface area contributed by atoms with E-state index in [1.807, 2.05) is 49.4 Å². The van der Waals surface area contributed by atoms with Crippen molar-refractivity contribution >= 4 is 17.4 Å². The second-order valence-electron chi connectivity index (χ2n) is 9.77. The van der Waals surface area contributed by atoms with E-state index in [0.29, 0.717) is 23.7 Å². The first-order chi connectivity index (χ1) is 18.2. The number of hydrogen-bond acceptors (Lipinski definition) is 5. The molecule has 38 heavy (non-hydrogen) atoms. The molecule has 3 aromatic carbocycles. The Balaban J connectivity index is 1.36. The van der Waals surface area contributed by atoms with Crippen LogP contribution in [0, 0.1) is 17.2 Å². The van der Waals surface area contributed by atoms with E-state index in [1.165, 1.54) is 14.1 Å². The largest absolute Gasteiger partial charge is 0.352 e. The van der Waals surface area contributed by atoms with Crippen LogP contribution >= 0.6 is 11.5 Å². The van der Waals surface area contributed by atoms with Crippen LogP contribution in [0.2, 0.25) is 0 Å². The Morgan fingerprint density at radius 3 is 2.11 bits per heavy atom. The van der Waals surface area contributed by atoms with Crippen LogP contribution in [0.1, 0.15) is 54.5 Å². The summed E-state index contributed by atoms with van der Waals surface area (Å²) in [5.74, 6) is 0.289. The number of benzene rings is 3. The summed E-state index contributed by atoms with van der Waals surface area (Å²) in [7, 11) is 0. The van der Waals surface area contributed by atoms with E-state index in [1.54, 1.807) is 24.3 Å². The fourth-order valence-corrected chi connectivity index (χ4v) is 4.97. The first-order valence-electron chi connectivity index (χ1n) is 12.5. The van der Waals surface area contributed by atoms with Crippen LogP contribution in [-0.2, 0) is 24.3 Å². The molecule has 0 aliphatic rings. The molecule has 1 heterocycles. The standard InChI is InChI=1S/C30H30N4O3S/c1-20(2)16-22-8-12-26(13-9-22)21(3)28(35)32-18-24-4-6-25(7-5-24)19-33-29(36)34(38-30(33)37)27-14-10-23(17-31)11-15-27/h4-15,20-21H,16,18-19H2,1-3H3,(H,32,35). The minimum absolute atomic E-state index is 0.0427. The number of hydrogen-bond donors (Lipinski definition) is 1. The van der Waals surface area contributed by atoms with Gasteiger partial charge in [0.2, 0.25) is 5.91 Å². The molecule has 1 atom stereocenters. The van der Waals surface area contributed by atoms with Crippen molar-refractivity contribution in [2.75, 3.05) is 0 Å². The van der Waals surface area contributed by atoms with E-state index in [9.17, 15) is 14.4 Å². The van der Waals surface area contributed by atoms with Gasteiger partial charge in [-0.2, -0.15) is 5.26 Å². The predicted molar refractivity (Wildman–Crippen MR) is 150 cm³/mol. The highest BCUT2D eigenvalue weighted by atomic mass is 32.1. The number of amides is 1. The maximum atomic E-state index is 12.9. The number of nitrogens with one attached hydrogen (secondary N) is 1. The quantitative estimate of drug-likeness (QED) is 0.345. The van der Waals surface area contributed by atoms with Gasteiger partial charge in [-0.1, -0.05) is 62.4 Å². The minimum Gasteiger partial charge on any atom is -0.352 e. The first-order valence-corrected chi connectivity index (χ1v) is 13.3. The maximum Gasteiger partial charge on any atom is 0.346 e. The summed E-state index contributed by atoms with van der Waals surface area (Å²) < 4.78 is 2.51. The zero-order chi connectivity index (χ0) is 27.2. The monoisotopic (exact) mass is 526 g/mol. The molecule has 0 spiro atoms. The number of rotatable bonds is 9. The van der Waals surface area contributed by atoms with Gasteiger partial charge >= 0.3 is 10.6 Å². The smallest absolute Gasteiger partial charge is 0.346 e. The van der Waals surface area contributed by atoms with Gasteiger partial charge < -0.3 is 5.32 Å². The minimum atomic E-state index is -0.424. The lowest BCUT2D eigenvalue weighted by Gasteiger charge is -2.14. The molecule has 1 unspecified atom stereocenters.